The first kappa shape index (κ1) is 14.1. The fourth-order valence-corrected chi connectivity index (χ4v) is 3.41. The van der Waals surface area contributed by atoms with Gasteiger partial charge in [0.1, 0.15) is 0 Å². The van der Waals surface area contributed by atoms with E-state index in [1.165, 1.54) is 49.9 Å². The number of benzene rings is 1. The van der Waals surface area contributed by atoms with E-state index in [-0.39, 0.29) is 0 Å². The largest absolute Gasteiger partial charge is 0.306 e. The van der Waals surface area contributed by atoms with Gasteiger partial charge in [-0.15, -0.1) is 0 Å². The molecule has 0 amide bonds. The van der Waals surface area contributed by atoms with Crippen LogP contribution in [0.1, 0.15) is 56.7 Å². The summed E-state index contributed by atoms with van der Waals surface area (Å²) in [7, 11) is 0. The quantitative estimate of drug-likeness (QED) is 0.852. The average Bonchev–Trinajstić information content (AvgIpc) is 3.25. The zero-order chi connectivity index (χ0) is 13.9. The summed E-state index contributed by atoms with van der Waals surface area (Å²) >= 11 is 0. The highest BCUT2D eigenvalue weighted by Crippen LogP contribution is 2.30. The maximum atomic E-state index is 3.89. The smallest absolute Gasteiger partial charge is 0.0320 e. The Morgan fingerprint density at radius 3 is 2.50 bits per heavy atom. The van der Waals surface area contributed by atoms with Crippen LogP contribution in [0, 0.1) is 0 Å². The fourth-order valence-electron chi connectivity index (χ4n) is 3.41. The maximum Gasteiger partial charge on any atom is 0.0320 e. The molecule has 3 rings (SSSR count). The second kappa shape index (κ2) is 6.28. The van der Waals surface area contributed by atoms with E-state index >= 15 is 0 Å². The van der Waals surface area contributed by atoms with Crippen molar-refractivity contribution in [3.8, 4) is 0 Å². The van der Waals surface area contributed by atoms with Gasteiger partial charge < -0.3 is 5.32 Å². The molecule has 2 atom stereocenters. The van der Waals surface area contributed by atoms with Gasteiger partial charge in [0.25, 0.3) is 0 Å². The van der Waals surface area contributed by atoms with Crippen molar-refractivity contribution in [1.82, 2.24) is 10.2 Å². The van der Waals surface area contributed by atoms with E-state index in [0.717, 1.165) is 12.5 Å². The third-order valence-corrected chi connectivity index (χ3v) is 4.92. The lowest BCUT2D eigenvalue weighted by Gasteiger charge is -2.23. The first-order chi connectivity index (χ1) is 9.80. The van der Waals surface area contributed by atoms with Crippen LogP contribution in [0.15, 0.2) is 24.3 Å². The molecular formula is C18H28N2. The third-order valence-electron chi connectivity index (χ3n) is 4.92. The first-order valence-corrected chi connectivity index (χ1v) is 8.39. The summed E-state index contributed by atoms with van der Waals surface area (Å²) in [4.78, 5) is 2.69. The number of aryl methyl sites for hydroxylation is 1. The Hall–Kier alpha value is -0.860. The summed E-state index contributed by atoms with van der Waals surface area (Å²) in [5, 5.41) is 3.89. The van der Waals surface area contributed by atoms with E-state index in [2.05, 4.69) is 48.3 Å². The van der Waals surface area contributed by atoms with Gasteiger partial charge in [-0.1, -0.05) is 38.1 Å². The third kappa shape index (κ3) is 3.24. The molecule has 0 spiro atoms. The van der Waals surface area contributed by atoms with Crippen LogP contribution in [0.25, 0.3) is 0 Å². The van der Waals surface area contributed by atoms with Gasteiger partial charge in [0.2, 0.25) is 0 Å². The molecule has 1 saturated heterocycles. The standard InChI is InChI=1S/C18H28N2/c1-3-14-5-7-15(8-6-14)18(4-2)19-16-11-12-20(13-16)17-9-10-17/h5-8,16-19H,3-4,9-13H2,1-2H3. The molecule has 1 aromatic rings. The SMILES string of the molecule is CCc1ccc(C(CC)NC2CCN(C3CC3)C2)cc1. The zero-order valence-electron chi connectivity index (χ0n) is 12.9. The van der Waals surface area contributed by atoms with Crippen molar-refractivity contribution >= 4 is 0 Å². The van der Waals surface area contributed by atoms with E-state index in [9.17, 15) is 0 Å². The zero-order valence-corrected chi connectivity index (χ0v) is 12.9. The molecule has 2 aliphatic rings. The summed E-state index contributed by atoms with van der Waals surface area (Å²) in [5.74, 6) is 0. The van der Waals surface area contributed by atoms with E-state index in [1.807, 2.05) is 0 Å². The Bertz CT molecular complexity index is 422. The van der Waals surface area contributed by atoms with Crippen molar-refractivity contribution in [2.45, 2.75) is 64.1 Å². The van der Waals surface area contributed by atoms with Crippen LogP contribution in [0.2, 0.25) is 0 Å². The molecule has 1 aliphatic carbocycles. The van der Waals surface area contributed by atoms with E-state index in [4.69, 9.17) is 0 Å². The summed E-state index contributed by atoms with van der Waals surface area (Å²) < 4.78 is 0. The summed E-state index contributed by atoms with van der Waals surface area (Å²) in [6.45, 7) is 7.07. The Labute approximate surface area is 123 Å². The summed E-state index contributed by atoms with van der Waals surface area (Å²) in [6, 6.07) is 11.3. The topological polar surface area (TPSA) is 15.3 Å². The number of nitrogens with zero attached hydrogens (tertiary/aromatic N) is 1. The number of rotatable bonds is 6. The van der Waals surface area contributed by atoms with Crippen molar-refractivity contribution in [2.75, 3.05) is 13.1 Å². The van der Waals surface area contributed by atoms with Gasteiger partial charge in [0.05, 0.1) is 0 Å². The molecule has 2 nitrogen and oxygen atoms in total. The average molecular weight is 272 g/mol. The highest BCUT2D eigenvalue weighted by atomic mass is 15.2. The molecule has 110 valence electrons. The van der Waals surface area contributed by atoms with Gasteiger partial charge in [0, 0.05) is 31.2 Å². The van der Waals surface area contributed by atoms with Gasteiger partial charge in [-0.05, 0) is 43.2 Å². The van der Waals surface area contributed by atoms with Gasteiger partial charge >= 0.3 is 0 Å². The second-order valence-corrected chi connectivity index (χ2v) is 6.43. The Balaban J connectivity index is 1.58. The molecule has 1 saturated carbocycles. The summed E-state index contributed by atoms with van der Waals surface area (Å²) in [6.07, 6.45) is 6.49. The molecule has 1 N–H and O–H groups in total. The van der Waals surface area contributed by atoms with Crippen LogP contribution >= 0.6 is 0 Å². The molecule has 2 heteroatoms. The van der Waals surface area contributed by atoms with Crippen LogP contribution in [0.5, 0.6) is 0 Å². The van der Waals surface area contributed by atoms with Gasteiger partial charge in [-0.2, -0.15) is 0 Å². The monoisotopic (exact) mass is 272 g/mol. The van der Waals surface area contributed by atoms with Crippen LogP contribution < -0.4 is 5.32 Å². The molecule has 1 aliphatic heterocycles. The van der Waals surface area contributed by atoms with Gasteiger partial charge in [-0.3, -0.25) is 4.90 Å². The van der Waals surface area contributed by atoms with Gasteiger partial charge in [-0.25, -0.2) is 0 Å². The molecule has 1 aromatic carbocycles. The van der Waals surface area contributed by atoms with Crippen LogP contribution in [-0.4, -0.2) is 30.1 Å². The number of hydrogen-bond acceptors (Lipinski definition) is 2. The lowest BCUT2D eigenvalue weighted by atomic mass is 10.0. The number of likely N-dealkylation sites (tertiary alicyclic amines) is 1. The fraction of sp³-hybridized carbons (Fsp3) is 0.667. The van der Waals surface area contributed by atoms with Crippen molar-refractivity contribution in [3.63, 3.8) is 0 Å². The normalized spacial score (nSPS) is 25.0. The van der Waals surface area contributed by atoms with Crippen molar-refractivity contribution in [1.29, 1.82) is 0 Å². The van der Waals surface area contributed by atoms with E-state index in [0.29, 0.717) is 12.1 Å². The Kier molecular flexibility index (Phi) is 4.42. The highest BCUT2D eigenvalue weighted by molar-refractivity contribution is 5.25. The van der Waals surface area contributed by atoms with Gasteiger partial charge in [0.15, 0.2) is 0 Å². The lowest BCUT2D eigenvalue weighted by molar-refractivity contribution is 0.311. The molecule has 2 fully saturated rings. The van der Waals surface area contributed by atoms with Crippen LogP contribution in [0.4, 0.5) is 0 Å². The van der Waals surface area contributed by atoms with E-state index in [1.54, 1.807) is 0 Å². The molecular weight excluding hydrogens is 244 g/mol. The minimum absolute atomic E-state index is 0.519. The number of nitrogens with one attached hydrogen (secondary N) is 1. The Morgan fingerprint density at radius 1 is 1.15 bits per heavy atom. The molecule has 20 heavy (non-hydrogen) atoms. The molecule has 0 aromatic heterocycles. The highest BCUT2D eigenvalue weighted by Gasteiger charge is 2.34. The minimum Gasteiger partial charge on any atom is -0.306 e. The minimum atomic E-state index is 0.519. The second-order valence-electron chi connectivity index (χ2n) is 6.43. The predicted molar refractivity (Wildman–Crippen MR) is 85.0 cm³/mol. The number of hydrogen-bond donors (Lipinski definition) is 1. The van der Waals surface area contributed by atoms with Crippen molar-refractivity contribution in [3.05, 3.63) is 35.4 Å². The van der Waals surface area contributed by atoms with Crippen molar-refractivity contribution in [2.24, 2.45) is 0 Å². The first-order valence-electron chi connectivity index (χ1n) is 8.39. The molecule has 0 bridgehead atoms. The predicted octanol–water partition coefficient (Wildman–Crippen LogP) is 3.53. The molecule has 2 unspecified atom stereocenters. The van der Waals surface area contributed by atoms with E-state index < -0.39 is 0 Å². The lowest BCUT2D eigenvalue weighted by Crippen LogP contribution is -2.35. The maximum absolute atomic E-state index is 3.89. The van der Waals surface area contributed by atoms with Crippen LogP contribution in [-0.2, 0) is 6.42 Å². The molecule has 1 heterocycles. The van der Waals surface area contributed by atoms with Crippen molar-refractivity contribution < 1.29 is 0 Å². The Morgan fingerprint density at radius 2 is 1.90 bits per heavy atom. The molecule has 0 radical (unpaired) electrons. The summed E-state index contributed by atoms with van der Waals surface area (Å²) in [5.41, 5.74) is 2.89. The van der Waals surface area contributed by atoms with Crippen LogP contribution in [0.3, 0.4) is 0 Å².